The van der Waals surface area contributed by atoms with Crippen LogP contribution in [-0.2, 0) is 5.75 Å². The molecular formula is C16H18S. The van der Waals surface area contributed by atoms with Crippen LogP contribution in [0.4, 0.5) is 0 Å². The highest BCUT2D eigenvalue weighted by molar-refractivity contribution is 7.98. The molecule has 0 saturated carbocycles. The zero-order valence-corrected chi connectivity index (χ0v) is 11.5. The molecule has 0 N–H and O–H groups in total. The van der Waals surface area contributed by atoms with E-state index in [1.165, 1.54) is 27.1 Å². The van der Waals surface area contributed by atoms with E-state index in [1.54, 1.807) is 0 Å². The molecule has 0 atom stereocenters. The second kappa shape index (κ2) is 5.42. The first-order valence-electron chi connectivity index (χ1n) is 5.90. The third kappa shape index (κ3) is 3.64. The number of rotatable bonds is 3. The van der Waals surface area contributed by atoms with Crippen molar-refractivity contribution in [2.45, 2.75) is 31.4 Å². The summed E-state index contributed by atoms with van der Waals surface area (Å²) in [6, 6.07) is 15.5. The van der Waals surface area contributed by atoms with Gasteiger partial charge in [0, 0.05) is 10.6 Å². The van der Waals surface area contributed by atoms with Gasteiger partial charge in [-0.15, -0.1) is 11.8 Å². The molecule has 17 heavy (non-hydrogen) atoms. The molecule has 88 valence electrons. The fourth-order valence-electron chi connectivity index (χ4n) is 2.02. The molecule has 0 unspecified atom stereocenters. The number of hydrogen-bond acceptors (Lipinski definition) is 1. The predicted octanol–water partition coefficient (Wildman–Crippen LogP) is 4.90. The number of benzene rings is 2. The summed E-state index contributed by atoms with van der Waals surface area (Å²) >= 11 is 1.91. The molecule has 2 rings (SSSR count). The summed E-state index contributed by atoms with van der Waals surface area (Å²) in [7, 11) is 0. The molecule has 0 saturated heterocycles. The van der Waals surface area contributed by atoms with Crippen LogP contribution < -0.4 is 0 Å². The Morgan fingerprint density at radius 2 is 1.53 bits per heavy atom. The summed E-state index contributed by atoms with van der Waals surface area (Å²) in [6.07, 6.45) is 0. The minimum absolute atomic E-state index is 1.05. The molecule has 0 radical (unpaired) electrons. The van der Waals surface area contributed by atoms with Gasteiger partial charge in [-0.1, -0.05) is 47.0 Å². The monoisotopic (exact) mass is 242 g/mol. The molecule has 1 heteroatoms. The molecule has 0 aromatic heterocycles. The Hall–Kier alpha value is -1.21. The van der Waals surface area contributed by atoms with E-state index in [0.717, 1.165) is 5.75 Å². The van der Waals surface area contributed by atoms with Gasteiger partial charge in [-0.2, -0.15) is 0 Å². The summed E-state index contributed by atoms with van der Waals surface area (Å²) in [4.78, 5) is 1.35. The van der Waals surface area contributed by atoms with Gasteiger partial charge in [0.15, 0.2) is 0 Å². The van der Waals surface area contributed by atoms with Crippen LogP contribution in [0.1, 0.15) is 22.3 Å². The Morgan fingerprint density at radius 1 is 0.824 bits per heavy atom. The third-order valence-corrected chi connectivity index (χ3v) is 3.74. The number of thioether (sulfide) groups is 1. The van der Waals surface area contributed by atoms with Crippen molar-refractivity contribution in [2.24, 2.45) is 0 Å². The average Bonchev–Trinajstić information content (AvgIpc) is 2.25. The first-order valence-corrected chi connectivity index (χ1v) is 6.89. The second-order valence-electron chi connectivity index (χ2n) is 4.60. The van der Waals surface area contributed by atoms with E-state index in [0.29, 0.717) is 0 Å². The van der Waals surface area contributed by atoms with Crippen molar-refractivity contribution < 1.29 is 0 Å². The lowest BCUT2D eigenvalue weighted by Crippen LogP contribution is -1.85. The predicted molar refractivity (Wildman–Crippen MR) is 76.7 cm³/mol. The van der Waals surface area contributed by atoms with E-state index in [1.807, 2.05) is 11.8 Å². The fourth-order valence-corrected chi connectivity index (χ4v) is 2.97. The van der Waals surface area contributed by atoms with Gasteiger partial charge in [0.25, 0.3) is 0 Å². The molecule has 0 heterocycles. The quantitative estimate of drug-likeness (QED) is 0.689. The molecular weight excluding hydrogens is 224 g/mol. The van der Waals surface area contributed by atoms with Gasteiger partial charge >= 0.3 is 0 Å². The summed E-state index contributed by atoms with van der Waals surface area (Å²) < 4.78 is 0. The van der Waals surface area contributed by atoms with Gasteiger partial charge in [0.1, 0.15) is 0 Å². The van der Waals surface area contributed by atoms with Crippen molar-refractivity contribution in [2.75, 3.05) is 0 Å². The van der Waals surface area contributed by atoms with Crippen molar-refractivity contribution in [3.63, 3.8) is 0 Å². The summed E-state index contributed by atoms with van der Waals surface area (Å²) in [5, 5.41) is 0. The van der Waals surface area contributed by atoms with E-state index >= 15 is 0 Å². The van der Waals surface area contributed by atoms with Gasteiger partial charge in [-0.05, 0) is 38.5 Å². The van der Waals surface area contributed by atoms with E-state index in [2.05, 4.69) is 63.2 Å². The van der Waals surface area contributed by atoms with Crippen molar-refractivity contribution in [3.8, 4) is 0 Å². The molecule has 2 aromatic rings. The maximum Gasteiger partial charge on any atom is 0.0232 e. The van der Waals surface area contributed by atoms with Crippen molar-refractivity contribution in [1.29, 1.82) is 0 Å². The molecule has 0 fully saturated rings. The first kappa shape index (κ1) is 12.3. The molecule has 0 bridgehead atoms. The van der Waals surface area contributed by atoms with Crippen LogP contribution in [0.3, 0.4) is 0 Å². The second-order valence-corrected chi connectivity index (χ2v) is 5.65. The Balaban J connectivity index is 2.07. The van der Waals surface area contributed by atoms with E-state index in [-0.39, 0.29) is 0 Å². The lowest BCUT2D eigenvalue weighted by Gasteiger charge is -2.05. The van der Waals surface area contributed by atoms with Crippen molar-refractivity contribution >= 4 is 11.8 Å². The van der Waals surface area contributed by atoms with Gasteiger partial charge in [-0.25, -0.2) is 0 Å². The number of aryl methyl sites for hydroxylation is 3. The summed E-state index contributed by atoms with van der Waals surface area (Å²) in [5.74, 6) is 1.05. The minimum atomic E-state index is 1.05. The Bertz CT molecular complexity index is 494. The highest BCUT2D eigenvalue weighted by atomic mass is 32.2. The normalized spacial score (nSPS) is 10.5. The third-order valence-electron chi connectivity index (χ3n) is 2.68. The largest absolute Gasteiger partial charge is 0.121 e. The van der Waals surface area contributed by atoms with Crippen molar-refractivity contribution in [3.05, 3.63) is 64.7 Å². The molecule has 2 aromatic carbocycles. The highest BCUT2D eigenvalue weighted by Crippen LogP contribution is 2.24. The molecule has 0 amide bonds. The fraction of sp³-hybridized carbons (Fsp3) is 0.250. The maximum atomic E-state index is 2.27. The SMILES string of the molecule is Cc1cc(C)cc(CSc2cccc(C)c2)c1. The Kier molecular flexibility index (Phi) is 3.90. The summed E-state index contributed by atoms with van der Waals surface area (Å²) in [6.45, 7) is 6.46. The van der Waals surface area contributed by atoms with Gasteiger partial charge in [-0.3, -0.25) is 0 Å². The van der Waals surface area contributed by atoms with Gasteiger partial charge in [0.2, 0.25) is 0 Å². The highest BCUT2D eigenvalue weighted by Gasteiger charge is 1.98. The maximum absolute atomic E-state index is 2.27. The van der Waals surface area contributed by atoms with Crippen LogP contribution in [0, 0.1) is 20.8 Å². The van der Waals surface area contributed by atoms with Gasteiger partial charge < -0.3 is 0 Å². The van der Waals surface area contributed by atoms with Crippen LogP contribution in [0.25, 0.3) is 0 Å². The lowest BCUT2D eigenvalue weighted by atomic mass is 10.1. The molecule has 0 spiro atoms. The van der Waals surface area contributed by atoms with Gasteiger partial charge in [0.05, 0.1) is 0 Å². The molecule has 0 aliphatic heterocycles. The summed E-state index contributed by atoms with van der Waals surface area (Å²) in [5.41, 5.74) is 5.44. The molecule has 0 nitrogen and oxygen atoms in total. The molecule has 0 aliphatic carbocycles. The Morgan fingerprint density at radius 3 is 2.18 bits per heavy atom. The Labute approximate surface area is 108 Å². The minimum Gasteiger partial charge on any atom is -0.121 e. The number of hydrogen-bond donors (Lipinski definition) is 0. The van der Waals surface area contributed by atoms with E-state index in [4.69, 9.17) is 0 Å². The van der Waals surface area contributed by atoms with E-state index < -0.39 is 0 Å². The first-order chi connectivity index (χ1) is 8.13. The zero-order chi connectivity index (χ0) is 12.3. The lowest BCUT2D eigenvalue weighted by molar-refractivity contribution is 1.29. The average molecular weight is 242 g/mol. The smallest absolute Gasteiger partial charge is 0.0232 e. The van der Waals surface area contributed by atoms with Crippen LogP contribution in [0.2, 0.25) is 0 Å². The van der Waals surface area contributed by atoms with Crippen LogP contribution >= 0.6 is 11.8 Å². The zero-order valence-electron chi connectivity index (χ0n) is 10.7. The van der Waals surface area contributed by atoms with Crippen LogP contribution in [0.15, 0.2) is 47.4 Å². The van der Waals surface area contributed by atoms with Crippen LogP contribution in [0.5, 0.6) is 0 Å². The van der Waals surface area contributed by atoms with Crippen molar-refractivity contribution in [1.82, 2.24) is 0 Å². The molecule has 0 aliphatic rings. The van der Waals surface area contributed by atoms with Crippen LogP contribution in [-0.4, -0.2) is 0 Å². The topological polar surface area (TPSA) is 0 Å². The standard InChI is InChI=1S/C16H18S/c1-12-5-4-6-16(10-12)17-11-15-8-13(2)7-14(3)9-15/h4-10H,11H2,1-3H3. The van der Waals surface area contributed by atoms with E-state index in [9.17, 15) is 0 Å².